The van der Waals surface area contributed by atoms with Crippen molar-refractivity contribution in [2.24, 2.45) is 0 Å². The molecule has 24 heavy (non-hydrogen) atoms. The average Bonchev–Trinajstić information content (AvgIpc) is 2.58. The second-order valence-electron chi connectivity index (χ2n) is 5.98. The summed E-state index contributed by atoms with van der Waals surface area (Å²) in [4.78, 5) is 19.2. The van der Waals surface area contributed by atoms with Gasteiger partial charge in [-0.1, -0.05) is 12.1 Å². The minimum absolute atomic E-state index is 0.0998. The number of ether oxygens (including phenoxy) is 1. The molecule has 5 nitrogen and oxygen atoms in total. The molecule has 0 bridgehead atoms. The Morgan fingerprint density at radius 2 is 2.00 bits per heavy atom. The van der Waals surface area contributed by atoms with E-state index in [0.717, 1.165) is 28.6 Å². The quantitative estimate of drug-likeness (QED) is 0.734. The number of carbonyl (C=O) groups excluding carboxylic acids is 1. The van der Waals surface area contributed by atoms with E-state index in [1.165, 1.54) is 0 Å². The van der Waals surface area contributed by atoms with Crippen molar-refractivity contribution >= 4 is 27.7 Å². The molecule has 1 N–H and O–H groups in total. The highest BCUT2D eigenvalue weighted by molar-refractivity contribution is 6.07. The minimum Gasteiger partial charge on any atom is -0.497 e. The number of likely N-dealkylation sites (N-methyl/N-ethyl adjacent to an activating group) is 1. The summed E-state index contributed by atoms with van der Waals surface area (Å²) in [6.45, 7) is 1.40. The molecule has 0 fully saturated rings. The molecule has 0 unspecified atom stereocenters. The second-order valence-corrected chi connectivity index (χ2v) is 5.98. The molecule has 3 aromatic rings. The van der Waals surface area contributed by atoms with Gasteiger partial charge in [-0.15, -0.1) is 0 Å². The lowest BCUT2D eigenvalue weighted by molar-refractivity contribution is 0.0952. The van der Waals surface area contributed by atoms with Gasteiger partial charge in [-0.3, -0.25) is 4.79 Å². The van der Waals surface area contributed by atoms with E-state index in [9.17, 15) is 4.79 Å². The van der Waals surface area contributed by atoms with Gasteiger partial charge in [0.1, 0.15) is 5.75 Å². The van der Waals surface area contributed by atoms with Crippen LogP contribution in [0.4, 0.5) is 0 Å². The predicted octanol–water partition coefficient (Wildman–Crippen LogP) is 2.69. The molecule has 0 saturated carbocycles. The Morgan fingerprint density at radius 3 is 2.75 bits per heavy atom. The van der Waals surface area contributed by atoms with Gasteiger partial charge in [0.2, 0.25) is 0 Å². The fraction of sp³-hybridized carbons (Fsp3) is 0.263. The lowest BCUT2D eigenvalue weighted by Gasteiger charge is -2.12. The number of aromatic nitrogens is 1. The van der Waals surface area contributed by atoms with Gasteiger partial charge in [-0.25, -0.2) is 4.98 Å². The van der Waals surface area contributed by atoms with E-state index in [-0.39, 0.29) is 5.91 Å². The predicted molar refractivity (Wildman–Crippen MR) is 96.7 cm³/mol. The lowest BCUT2D eigenvalue weighted by Crippen LogP contribution is -2.31. The SMILES string of the molecule is COc1ccc2cc3cccc(C(=O)NCCN(C)C)c3nc2c1. The third kappa shape index (κ3) is 3.31. The molecular weight excluding hydrogens is 302 g/mol. The average molecular weight is 323 g/mol. The number of nitrogens with zero attached hydrogens (tertiary/aromatic N) is 2. The molecule has 3 rings (SSSR count). The van der Waals surface area contributed by atoms with E-state index in [0.29, 0.717) is 17.6 Å². The summed E-state index contributed by atoms with van der Waals surface area (Å²) in [6.07, 6.45) is 0. The van der Waals surface area contributed by atoms with E-state index in [1.54, 1.807) is 7.11 Å². The highest BCUT2D eigenvalue weighted by atomic mass is 16.5. The van der Waals surface area contributed by atoms with Gasteiger partial charge in [0, 0.05) is 29.9 Å². The summed E-state index contributed by atoms with van der Waals surface area (Å²) in [5, 5.41) is 4.92. The normalized spacial score (nSPS) is 11.2. The van der Waals surface area contributed by atoms with Crippen molar-refractivity contribution in [3.05, 3.63) is 48.0 Å². The Kier molecular flexibility index (Phi) is 4.62. The molecule has 1 heterocycles. The van der Waals surface area contributed by atoms with Gasteiger partial charge >= 0.3 is 0 Å². The van der Waals surface area contributed by atoms with Crippen LogP contribution in [0.5, 0.6) is 5.75 Å². The Bertz CT molecular complexity index is 890. The first-order valence-electron chi connectivity index (χ1n) is 7.89. The molecule has 0 saturated heterocycles. The number of hydrogen-bond donors (Lipinski definition) is 1. The van der Waals surface area contributed by atoms with Gasteiger partial charge in [0.15, 0.2) is 0 Å². The summed E-state index contributed by atoms with van der Waals surface area (Å²) in [5.41, 5.74) is 2.12. The van der Waals surface area contributed by atoms with Crippen LogP contribution < -0.4 is 10.1 Å². The molecule has 0 aliphatic carbocycles. The van der Waals surface area contributed by atoms with Gasteiger partial charge in [0.05, 0.1) is 23.7 Å². The highest BCUT2D eigenvalue weighted by Gasteiger charge is 2.12. The molecule has 0 spiro atoms. The number of amides is 1. The monoisotopic (exact) mass is 323 g/mol. The van der Waals surface area contributed by atoms with Crippen LogP contribution in [0.3, 0.4) is 0 Å². The van der Waals surface area contributed by atoms with E-state index in [4.69, 9.17) is 9.72 Å². The van der Waals surface area contributed by atoms with Crippen molar-refractivity contribution in [1.82, 2.24) is 15.2 Å². The fourth-order valence-corrected chi connectivity index (χ4v) is 2.63. The molecule has 124 valence electrons. The molecule has 0 atom stereocenters. The van der Waals surface area contributed by atoms with E-state index < -0.39 is 0 Å². The lowest BCUT2D eigenvalue weighted by atomic mass is 10.1. The van der Waals surface area contributed by atoms with Crippen molar-refractivity contribution in [2.75, 3.05) is 34.3 Å². The Balaban J connectivity index is 2.01. The maximum atomic E-state index is 12.5. The first-order valence-corrected chi connectivity index (χ1v) is 7.89. The summed E-state index contributed by atoms with van der Waals surface area (Å²) in [5.74, 6) is 0.652. The Hall–Kier alpha value is -2.66. The molecule has 1 amide bonds. The van der Waals surface area contributed by atoms with Gasteiger partial charge in [-0.2, -0.15) is 0 Å². The van der Waals surface area contributed by atoms with Gasteiger partial charge in [0.25, 0.3) is 5.91 Å². The fourth-order valence-electron chi connectivity index (χ4n) is 2.63. The van der Waals surface area contributed by atoms with Crippen LogP contribution in [0.1, 0.15) is 10.4 Å². The zero-order valence-electron chi connectivity index (χ0n) is 14.2. The summed E-state index contributed by atoms with van der Waals surface area (Å²) in [6, 6.07) is 13.5. The number of methoxy groups -OCH3 is 1. The largest absolute Gasteiger partial charge is 0.497 e. The number of para-hydroxylation sites is 1. The maximum absolute atomic E-state index is 12.5. The highest BCUT2D eigenvalue weighted by Crippen LogP contribution is 2.25. The molecule has 0 aliphatic rings. The molecule has 5 heteroatoms. The molecular formula is C19H21N3O2. The zero-order chi connectivity index (χ0) is 17.1. The Labute approximate surface area is 141 Å². The second kappa shape index (κ2) is 6.84. The van der Waals surface area contributed by atoms with Crippen LogP contribution >= 0.6 is 0 Å². The zero-order valence-corrected chi connectivity index (χ0v) is 14.2. The maximum Gasteiger partial charge on any atom is 0.253 e. The van der Waals surface area contributed by atoms with Crippen LogP contribution in [-0.4, -0.2) is 50.1 Å². The topological polar surface area (TPSA) is 54.5 Å². The minimum atomic E-state index is -0.0998. The summed E-state index contributed by atoms with van der Waals surface area (Å²) < 4.78 is 5.26. The summed E-state index contributed by atoms with van der Waals surface area (Å²) >= 11 is 0. The first kappa shape index (κ1) is 16.2. The number of benzene rings is 2. The van der Waals surface area contributed by atoms with E-state index >= 15 is 0 Å². The van der Waals surface area contributed by atoms with Crippen LogP contribution in [0.2, 0.25) is 0 Å². The van der Waals surface area contributed by atoms with Gasteiger partial charge in [-0.05, 0) is 38.4 Å². The van der Waals surface area contributed by atoms with Crippen LogP contribution in [-0.2, 0) is 0 Å². The van der Waals surface area contributed by atoms with Gasteiger partial charge < -0.3 is 15.0 Å². The van der Waals surface area contributed by atoms with E-state index in [2.05, 4.69) is 5.32 Å². The third-order valence-corrected chi connectivity index (χ3v) is 3.94. The third-order valence-electron chi connectivity index (χ3n) is 3.94. The smallest absolute Gasteiger partial charge is 0.253 e. The number of nitrogens with one attached hydrogen (secondary N) is 1. The number of hydrogen-bond acceptors (Lipinski definition) is 4. The summed E-state index contributed by atoms with van der Waals surface area (Å²) in [7, 11) is 5.59. The van der Waals surface area contributed by atoms with Crippen molar-refractivity contribution in [2.45, 2.75) is 0 Å². The Morgan fingerprint density at radius 1 is 1.17 bits per heavy atom. The molecule has 0 radical (unpaired) electrons. The van der Waals surface area contributed by atoms with Crippen molar-refractivity contribution < 1.29 is 9.53 Å². The van der Waals surface area contributed by atoms with Crippen LogP contribution in [0.25, 0.3) is 21.8 Å². The van der Waals surface area contributed by atoms with Crippen LogP contribution in [0, 0.1) is 0 Å². The van der Waals surface area contributed by atoms with E-state index in [1.807, 2.05) is 61.5 Å². The van der Waals surface area contributed by atoms with Crippen molar-refractivity contribution in [3.8, 4) is 5.75 Å². The standard InChI is InChI=1S/C19H21N3O2/c1-22(2)10-9-20-19(23)16-6-4-5-14-11-13-7-8-15(24-3)12-17(13)21-18(14)16/h4-8,11-12H,9-10H2,1-3H3,(H,20,23). The number of fused-ring (bicyclic) bond motifs is 2. The van der Waals surface area contributed by atoms with Crippen molar-refractivity contribution in [1.29, 1.82) is 0 Å². The number of pyridine rings is 1. The number of carbonyl (C=O) groups is 1. The number of rotatable bonds is 5. The molecule has 1 aromatic heterocycles. The first-order chi connectivity index (χ1) is 11.6. The molecule has 2 aromatic carbocycles. The van der Waals surface area contributed by atoms with Crippen molar-refractivity contribution in [3.63, 3.8) is 0 Å². The molecule has 0 aliphatic heterocycles. The van der Waals surface area contributed by atoms with Crippen LogP contribution in [0.15, 0.2) is 42.5 Å².